The topological polar surface area (TPSA) is 113 Å². The van der Waals surface area contributed by atoms with Gasteiger partial charge in [-0.2, -0.15) is 5.10 Å². The minimum Gasteiger partial charge on any atom is -0.291 e. The van der Waals surface area contributed by atoms with Gasteiger partial charge in [0.1, 0.15) is 0 Å². The molecule has 0 saturated heterocycles. The number of anilines is 1. The zero-order chi connectivity index (χ0) is 18.5. The lowest BCUT2D eigenvalue weighted by Crippen LogP contribution is -2.11. The zero-order valence-electron chi connectivity index (χ0n) is 13.8. The highest BCUT2D eigenvalue weighted by molar-refractivity contribution is 5.99. The fraction of sp³-hybridized carbons (Fsp3) is 0.0556. The summed E-state index contributed by atoms with van der Waals surface area (Å²) in [4.78, 5) is 29.2. The van der Waals surface area contributed by atoms with E-state index in [0.29, 0.717) is 17.0 Å². The number of hydrazone groups is 1. The van der Waals surface area contributed by atoms with E-state index in [1.807, 2.05) is 30.3 Å². The maximum absolute atomic E-state index is 11.9. The summed E-state index contributed by atoms with van der Waals surface area (Å²) in [6.07, 6.45) is 0. The third-order valence-electron chi connectivity index (χ3n) is 3.62. The standard InChI is InChI=1S/C18H15N5O3/c1-12(14-8-5-9-15(10-14)23(25)26)21-22-18-19-16(11-17(24)20-18)13-6-3-2-4-7-13/h2-11H,1H3,(H2,19,20,22,24)/b21-12+. The molecule has 0 atom stereocenters. The molecular weight excluding hydrogens is 334 g/mol. The molecule has 8 heteroatoms. The van der Waals surface area contributed by atoms with Gasteiger partial charge in [0.2, 0.25) is 5.95 Å². The monoisotopic (exact) mass is 349 g/mol. The van der Waals surface area contributed by atoms with E-state index in [1.165, 1.54) is 18.2 Å². The van der Waals surface area contributed by atoms with Crippen LogP contribution in [0.5, 0.6) is 0 Å². The van der Waals surface area contributed by atoms with Gasteiger partial charge in [0.25, 0.3) is 11.2 Å². The fourth-order valence-corrected chi connectivity index (χ4v) is 2.31. The molecule has 0 aliphatic rings. The Kier molecular flexibility index (Phi) is 4.84. The van der Waals surface area contributed by atoms with E-state index < -0.39 is 4.92 Å². The molecular formula is C18H15N5O3. The van der Waals surface area contributed by atoms with Crippen molar-refractivity contribution in [2.75, 3.05) is 5.43 Å². The molecule has 26 heavy (non-hydrogen) atoms. The molecule has 3 rings (SSSR count). The summed E-state index contributed by atoms with van der Waals surface area (Å²) >= 11 is 0. The van der Waals surface area contributed by atoms with Gasteiger partial charge in [-0.3, -0.25) is 19.9 Å². The first kappa shape index (κ1) is 17.0. The van der Waals surface area contributed by atoms with Crippen LogP contribution in [0.2, 0.25) is 0 Å². The maximum Gasteiger partial charge on any atom is 0.270 e. The third-order valence-corrected chi connectivity index (χ3v) is 3.62. The molecule has 1 aromatic heterocycles. The molecule has 0 spiro atoms. The summed E-state index contributed by atoms with van der Waals surface area (Å²) in [5, 5.41) is 15.0. The Labute approximate surface area is 148 Å². The zero-order valence-corrected chi connectivity index (χ0v) is 13.8. The van der Waals surface area contributed by atoms with Gasteiger partial charge in [-0.25, -0.2) is 10.4 Å². The summed E-state index contributed by atoms with van der Waals surface area (Å²) in [5.74, 6) is 0.182. The van der Waals surface area contributed by atoms with Crippen molar-refractivity contribution >= 4 is 17.3 Å². The van der Waals surface area contributed by atoms with Crippen LogP contribution in [-0.4, -0.2) is 20.6 Å². The van der Waals surface area contributed by atoms with Crippen LogP contribution in [0.25, 0.3) is 11.3 Å². The largest absolute Gasteiger partial charge is 0.291 e. The lowest BCUT2D eigenvalue weighted by molar-refractivity contribution is -0.384. The maximum atomic E-state index is 11.9. The number of nitrogens with zero attached hydrogens (tertiary/aromatic N) is 3. The molecule has 0 aliphatic heterocycles. The van der Waals surface area contributed by atoms with Crippen molar-refractivity contribution in [2.45, 2.75) is 6.92 Å². The number of hydrogen-bond donors (Lipinski definition) is 2. The Balaban J connectivity index is 1.86. The lowest BCUT2D eigenvalue weighted by Gasteiger charge is -2.05. The molecule has 3 aromatic rings. The van der Waals surface area contributed by atoms with E-state index in [0.717, 1.165) is 5.56 Å². The Morgan fingerprint density at radius 3 is 2.65 bits per heavy atom. The average Bonchev–Trinajstić information content (AvgIpc) is 2.66. The predicted molar refractivity (Wildman–Crippen MR) is 99.2 cm³/mol. The molecule has 0 radical (unpaired) electrons. The fourth-order valence-electron chi connectivity index (χ4n) is 2.31. The van der Waals surface area contributed by atoms with E-state index in [4.69, 9.17) is 0 Å². The second kappa shape index (κ2) is 7.39. The van der Waals surface area contributed by atoms with Crippen molar-refractivity contribution in [1.29, 1.82) is 0 Å². The number of hydrogen-bond acceptors (Lipinski definition) is 6. The second-order valence-corrected chi connectivity index (χ2v) is 5.46. The SMILES string of the molecule is C/C(=N\Nc1nc(-c2ccccc2)cc(=O)[nH]1)c1cccc([N+](=O)[O-])c1. The van der Waals surface area contributed by atoms with E-state index in [9.17, 15) is 14.9 Å². The van der Waals surface area contributed by atoms with Gasteiger partial charge in [0.15, 0.2) is 0 Å². The first-order chi connectivity index (χ1) is 12.5. The molecule has 2 N–H and O–H groups in total. The summed E-state index contributed by atoms with van der Waals surface area (Å²) < 4.78 is 0. The third kappa shape index (κ3) is 3.99. The summed E-state index contributed by atoms with van der Waals surface area (Å²) in [6.45, 7) is 1.70. The number of nitrogens with one attached hydrogen (secondary N) is 2. The highest BCUT2D eigenvalue weighted by atomic mass is 16.6. The number of aromatic nitrogens is 2. The van der Waals surface area contributed by atoms with Crippen molar-refractivity contribution in [3.05, 3.63) is 86.7 Å². The van der Waals surface area contributed by atoms with E-state index in [-0.39, 0.29) is 17.2 Å². The molecule has 0 amide bonds. The number of nitro groups is 1. The Bertz CT molecular complexity index is 1030. The van der Waals surface area contributed by atoms with Gasteiger partial charge in [-0.15, -0.1) is 0 Å². The second-order valence-electron chi connectivity index (χ2n) is 5.46. The molecule has 8 nitrogen and oxygen atoms in total. The van der Waals surface area contributed by atoms with Crippen LogP contribution in [0.15, 0.2) is 70.6 Å². The molecule has 0 fully saturated rings. The first-order valence-electron chi connectivity index (χ1n) is 7.75. The van der Waals surface area contributed by atoms with E-state index >= 15 is 0 Å². The Hall–Kier alpha value is -3.81. The molecule has 0 unspecified atom stereocenters. The van der Waals surface area contributed by atoms with Crippen LogP contribution in [0.1, 0.15) is 12.5 Å². The molecule has 2 aromatic carbocycles. The average molecular weight is 349 g/mol. The molecule has 0 saturated carbocycles. The summed E-state index contributed by atoms with van der Waals surface area (Å²) in [5.41, 5.74) is 4.79. The van der Waals surface area contributed by atoms with Crippen molar-refractivity contribution < 1.29 is 4.92 Å². The van der Waals surface area contributed by atoms with Crippen molar-refractivity contribution in [1.82, 2.24) is 9.97 Å². The molecule has 0 bridgehead atoms. The van der Waals surface area contributed by atoms with Crippen LogP contribution in [0, 0.1) is 10.1 Å². The van der Waals surface area contributed by atoms with Crippen LogP contribution in [0.3, 0.4) is 0 Å². The van der Waals surface area contributed by atoms with Gasteiger partial charge < -0.3 is 0 Å². The van der Waals surface area contributed by atoms with Crippen LogP contribution >= 0.6 is 0 Å². The quantitative estimate of drug-likeness (QED) is 0.417. The van der Waals surface area contributed by atoms with Crippen molar-refractivity contribution in [3.63, 3.8) is 0 Å². The van der Waals surface area contributed by atoms with Crippen molar-refractivity contribution in [3.8, 4) is 11.3 Å². The molecule has 1 heterocycles. The Morgan fingerprint density at radius 1 is 1.15 bits per heavy atom. The van der Waals surface area contributed by atoms with Gasteiger partial charge in [0, 0.05) is 29.3 Å². The first-order valence-corrected chi connectivity index (χ1v) is 7.75. The summed E-state index contributed by atoms with van der Waals surface area (Å²) in [6, 6.07) is 16.8. The van der Waals surface area contributed by atoms with Gasteiger partial charge >= 0.3 is 0 Å². The smallest absolute Gasteiger partial charge is 0.270 e. The lowest BCUT2D eigenvalue weighted by atomic mass is 10.1. The highest BCUT2D eigenvalue weighted by Gasteiger charge is 2.08. The molecule has 130 valence electrons. The Morgan fingerprint density at radius 2 is 1.92 bits per heavy atom. The predicted octanol–water partition coefficient (Wildman–Crippen LogP) is 3.18. The van der Waals surface area contributed by atoms with Gasteiger partial charge in [-0.1, -0.05) is 42.5 Å². The number of non-ortho nitro benzene ring substituents is 1. The van der Waals surface area contributed by atoms with Crippen molar-refractivity contribution in [2.24, 2.45) is 5.10 Å². The van der Waals surface area contributed by atoms with Gasteiger partial charge in [-0.05, 0) is 6.92 Å². The van der Waals surface area contributed by atoms with E-state index in [1.54, 1.807) is 19.1 Å². The minimum absolute atomic E-state index is 0.0188. The highest BCUT2D eigenvalue weighted by Crippen LogP contribution is 2.16. The van der Waals surface area contributed by atoms with Gasteiger partial charge in [0.05, 0.1) is 16.3 Å². The number of aromatic amines is 1. The number of rotatable bonds is 5. The van der Waals surface area contributed by atoms with Crippen LogP contribution < -0.4 is 11.0 Å². The normalized spacial score (nSPS) is 11.2. The summed E-state index contributed by atoms with van der Waals surface area (Å²) in [7, 11) is 0. The van der Waals surface area contributed by atoms with Crippen LogP contribution in [-0.2, 0) is 0 Å². The number of benzene rings is 2. The van der Waals surface area contributed by atoms with E-state index in [2.05, 4.69) is 20.5 Å². The van der Waals surface area contributed by atoms with Crippen LogP contribution in [0.4, 0.5) is 11.6 Å². The number of H-pyrrole nitrogens is 1. The molecule has 0 aliphatic carbocycles. The minimum atomic E-state index is -0.466. The number of nitro benzene ring substituents is 1.